The zero-order valence-electron chi connectivity index (χ0n) is 9.36. The fourth-order valence-corrected chi connectivity index (χ4v) is 2.46. The third kappa shape index (κ3) is 3.01. The van der Waals surface area contributed by atoms with Crippen LogP contribution in [0.25, 0.3) is 0 Å². The van der Waals surface area contributed by atoms with Crippen LogP contribution in [-0.2, 0) is 6.54 Å². The molecule has 17 heavy (non-hydrogen) atoms. The summed E-state index contributed by atoms with van der Waals surface area (Å²) in [5.74, 6) is 1.78. The first kappa shape index (κ1) is 12.5. The molecule has 2 aromatic heterocycles. The lowest BCUT2D eigenvalue weighted by atomic mass is 10.3. The molecule has 0 aliphatic rings. The Bertz CT molecular complexity index is 487. The van der Waals surface area contributed by atoms with Gasteiger partial charge in [-0.15, -0.1) is 0 Å². The first-order chi connectivity index (χ1) is 8.20. The lowest BCUT2D eigenvalue weighted by Crippen LogP contribution is -2.23. The van der Waals surface area contributed by atoms with Crippen molar-refractivity contribution in [1.82, 2.24) is 4.98 Å². The Morgan fingerprint density at radius 1 is 1.53 bits per heavy atom. The number of anilines is 1. The molecular formula is C12H12BrClN2O. The van der Waals surface area contributed by atoms with E-state index >= 15 is 0 Å². The predicted octanol–water partition coefficient (Wildman–Crippen LogP) is 4.12. The summed E-state index contributed by atoms with van der Waals surface area (Å²) in [5.41, 5.74) is 0. The molecule has 0 aromatic carbocycles. The Morgan fingerprint density at radius 3 is 2.94 bits per heavy atom. The molecule has 0 aliphatic heterocycles. The molecule has 2 rings (SSSR count). The van der Waals surface area contributed by atoms with Crippen LogP contribution in [0.15, 0.2) is 39.5 Å². The van der Waals surface area contributed by atoms with Gasteiger partial charge in [0, 0.05) is 12.7 Å². The number of furan rings is 1. The lowest BCUT2D eigenvalue weighted by molar-refractivity contribution is 0.502. The average Bonchev–Trinajstić information content (AvgIpc) is 2.79. The molecule has 2 aromatic rings. The molecule has 0 atom stereocenters. The monoisotopic (exact) mass is 314 g/mol. The molecular weight excluding hydrogens is 304 g/mol. The van der Waals surface area contributed by atoms with Crippen molar-refractivity contribution in [3.05, 3.63) is 45.9 Å². The van der Waals surface area contributed by atoms with Crippen LogP contribution in [0.2, 0.25) is 5.02 Å². The quantitative estimate of drug-likeness (QED) is 0.850. The van der Waals surface area contributed by atoms with Gasteiger partial charge in [0.1, 0.15) is 11.6 Å². The Kier molecular flexibility index (Phi) is 4.07. The van der Waals surface area contributed by atoms with E-state index in [0.29, 0.717) is 11.6 Å². The van der Waals surface area contributed by atoms with Gasteiger partial charge in [0.15, 0.2) is 0 Å². The van der Waals surface area contributed by atoms with E-state index in [1.165, 1.54) is 0 Å². The van der Waals surface area contributed by atoms with Crippen LogP contribution in [0.4, 0.5) is 5.82 Å². The molecule has 0 saturated heterocycles. The standard InChI is InChI=1S/C12H12BrClN2O/c1-2-16(8-10-4-3-5-17-10)12-11(13)6-9(14)7-15-12/h3-7H,2,8H2,1H3. The Morgan fingerprint density at radius 2 is 2.35 bits per heavy atom. The van der Waals surface area contributed by atoms with E-state index < -0.39 is 0 Å². The van der Waals surface area contributed by atoms with Gasteiger partial charge in [-0.25, -0.2) is 4.98 Å². The minimum absolute atomic E-state index is 0.620. The SMILES string of the molecule is CCN(Cc1ccco1)c1ncc(Cl)cc1Br. The van der Waals surface area contributed by atoms with Crippen LogP contribution in [0.5, 0.6) is 0 Å². The number of aromatic nitrogens is 1. The topological polar surface area (TPSA) is 29.3 Å². The highest BCUT2D eigenvalue weighted by Crippen LogP contribution is 2.27. The largest absolute Gasteiger partial charge is 0.467 e. The Labute approximate surface area is 114 Å². The van der Waals surface area contributed by atoms with Crippen LogP contribution in [0, 0.1) is 0 Å². The Hall–Kier alpha value is -1.00. The summed E-state index contributed by atoms with van der Waals surface area (Å²) in [4.78, 5) is 6.45. The van der Waals surface area contributed by atoms with Crippen molar-refractivity contribution in [1.29, 1.82) is 0 Å². The average molecular weight is 316 g/mol. The smallest absolute Gasteiger partial charge is 0.143 e. The molecule has 0 saturated carbocycles. The summed E-state index contributed by atoms with van der Waals surface area (Å²) in [7, 11) is 0. The Balaban J connectivity index is 2.23. The minimum atomic E-state index is 0.620. The number of nitrogens with zero attached hydrogens (tertiary/aromatic N) is 2. The molecule has 2 heterocycles. The van der Waals surface area contributed by atoms with Crippen LogP contribution in [-0.4, -0.2) is 11.5 Å². The van der Waals surface area contributed by atoms with E-state index in [-0.39, 0.29) is 0 Å². The minimum Gasteiger partial charge on any atom is -0.467 e. The molecule has 0 N–H and O–H groups in total. The third-order valence-electron chi connectivity index (χ3n) is 2.40. The zero-order valence-corrected chi connectivity index (χ0v) is 11.7. The maximum absolute atomic E-state index is 5.88. The van der Waals surface area contributed by atoms with E-state index in [0.717, 1.165) is 22.6 Å². The molecule has 0 unspecified atom stereocenters. The normalized spacial score (nSPS) is 10.5. The van der Waals surface area contributed by atoms with E-state index in [1.807, 2.05) is 18.2 Å². The first-order valence-corrected chi connectivity index (χ1v) is 6.46. The maximum Gasteiger partial charge on any atom is 0.143 e. The summed E-state index contributed by atoms with van der Waals surface area (Å²) in [5, 5.41) is 0.620. The second kappa shape index (κ2) is 5.56. The number of hydrogen-bond donors (Lipinski definition) is 0. The number of pyridine rings is 1. The summed E-state index contributed by atoms with van der Waals surface area (Å²) >= 11 is 9.35. The fourth-order valence-electron chi connectivity index (χ4n) is 1.57. The van der Waals surface area contributed by atoms with Gasteiger partial charge in [0.25, 0.3) is 0 Å². The molecule has 0 aliphatic carbocycles. The molecule has 0 amide bonds. The van der Waals surface area contributed by atoms with Crippen molar-refractivity contribution in [3.63, 3.8) is 0 Å². The van der Waals surface area contributed by atoms with Gasteiger partial charge in [-0.05, 0) is 41.1 Å². The molecule has 5 heteroatoms. The van der Waals surface area contributed by atoms with Crippen molar-refractivity contribution < 1.29 is 4.42 Å². The van der Waals surface area contributed by atoms with Gasteiger partial charge >= 0.3 is 0 Å². The fraction of sp³-hybridized carbons (Fsp3) is 0.250. The summed E-state index contributed by atoms with van der Waals surface area (Å²) in [6.07, 6.45) is 3.32. The zero-order chi connectivity index (χ0) is 12.3. The molecule has 90 valence electrons. The second-order valence-electron chi connectivity index (χ2n) is 3.55. The first-order valence-electron chi connectivity index (χ1n) is 5.29. The summed E-state index contributed by atoms with van der Waals surface area (Å²) < 4.78 is 6.23. The van der Waals surface area contributed by atoms with E-state index in [9.17, 15) is 0 Å². The van der Waals surface area contributed by atoms with Crippen molar-refractivity contribution >= 4 is 33.3 Å². The van der Waals surface area contributed by atoms with Crippen molar-refractivity contribution in [2.24, 2.45) is 0 Å². The maximum atomic E-state index is 5.88. The van der Waals surface area contributed by atoms with Gasteiger partial charge < -0.3 is 9.32 Å². The van der Waals surface area contributed by atoms with Crippen LogP contribution < -0.4 is 4.90 Å². The molecule has 0 radical (unpaired) electrons. The number of halogens is 2. The van der Waals surface area contributed by atoms with Crippen LogP contribution in [0.1, 0.15) is 12.7 Å². The van der Waals surface area contributed by atoms with Crippen LogP contribution >= 0.6 is 27.5 Å². The van der Waals surface area contributed by atoms with Gasteiger partial charge in [-0.3, -0.25) is 0 Å². The molecule has 0 fully saturated rings. The van der Waals surface area contributed by atoms with E-state index in [4.69, 9.17) is 16.0 Å². The number of hydrogen-bond acceptors (Lipinski definition) is 3. The van der Waals surface area contributed by atoms with Crippen LogP contribution in [0.3, 0.4) is 0 Å². The molecule has 3 nitrogen and oxygen atoms in total. The summed E-state index contributed by atoms with van der Waals surface area (Å²) in [6.45, 7) is 3.61. The number of rotatable bonds is 4. The second-order valence-corrected chi connectivity index (χ2v) is 4.84. The predicted molar refractivity (Wildman–Crippen MR) is 72.4 cm³/mol. The third-order valence-corrected chi connectivity index (χ3v) is 3.19. The summed E-state index contributed by atoms with van der Waals surface area (Å²) in [6, 6.07) is 5.68. The van der Waals surface area contributed by atoms with E-state index in [2.05, 4.69) is 32.7 Å². The van der Waals surface area contributed by atoms with Gasteiger partial charge in [-0.1, -0.05) is 11.6 Å². The highest BCUT2D eigenvalue weighted by molar-refractivity contribution is 9.10. The van der Waals surface area contributed by atoms with Crippen molar-refractivity contribution in [3.8, 4) is 0 Å². The van der Waals surface area contributed by atoms with Gasteiger partial charge in [-0.2, -0.15) is 0 Å². The highest BCUT2D eigenvalue weighted by Gasteiger charge is 2.12. The van der Waals surface area contributed by atoms with E-state index in [1.54, 1.807) is 12.5 Å². The van der Waals surface area contributed by atoms with Gasteiger partial charge in [0.2, 0.25) is 0 Å². The molecule has 0 spiro atoms. The van der Waals surface area contributed by atoms with Crippen molar-refractivity contribution in [2.75, 3.05) is 11.4 Å². The lowest BCUT2D eigenvalue weighted by Gasteiger charge is -2.21. The molecule has 0 bridgehead atoms. The van der Waals surface area contributed by atoms with Gasteiger partial charge in [0.05, 0.1) is 22.3 Å². The van der Waals surface area contributed by atoms with Crippen molar-refractivity contribution in [2.45, 2.75) is 13.5 Å². The highest BCUT2D eigenvalue weighted by atomic mass is 79.9.